The topological polar surface area (TPSA) is 87.0 Å². The smallest absolute Gasteiger partial charge is 0.349 e. The summed E-state index contributed by atoms with van der Waals surface area (Å²) in [6.45, 7) is 4.61. The monoisotopic (exact) mass is 409 g/mol. The molecule has 1 N–H and O–H groups in total. The third kappa shape index (κ3) is 3.70. The lowest BCUT2D eigenvalue weighted by Gasteiger charge is -2.13. The number of nitrogens with one attached hydrogen (secondary N) is 1. The van der Waals surface area contributed by atoms with Crippen LogP contribution in [0.15, 0.2) is 45.6 Å². The van der Waals surface area contributed by atoms with Crippen molar-refractivity contribution < 1.29 is 23.4 Å². The summed E-state index contributed by atoms with van der Waals surface area (Å²) in [7, 11) is 1.49. The van der Waals surface area contributed by atoms with E-state index in [9.17, 15) is 9.59 Å². The Morgan fingerprint density at radius 1 is 1.23 bits per heavy atom. The minimum absolute atomic E-state index is 0.0697. The standard InChI is InChI=1S/C23H23NO6/c1-4-28-19-10-15-8-13(2)29-20(15)11-16(19)12-24-22(25)17-9-14-6-5-7-18(27-3)21(14)30-23(17)26/h5-7,9-11,13H,4,8,12H2,1-3H3,(H,24,25)/t13-/m0/s1. The van der Waals surface area contributed by atoms with Gasteiger partial charge in [-0.2, -0.15) is 0 Å². The number of carbonyl (C=O) groups excluding carboxylic acids is 1. The quantitative estimate of drug-likeness (QED) is 0.628. The largest absolute Gasteiger partial charge is 0.494 e. The lowest BCUT2D eigenvalue weighted by atomic mass is 10.1. The number of amides is 1. The molecular weight excluding hydrogens is 386 g/mol. The van der Waals surface area contributed by atoms with Gasteiger partial charge in [0.2, 0.25) is 0 Å². The van der Waals surface area contributed by atoms with Crippen LogP contribution in [-0.2, 0) is 13.0 Å². The van der Waals surface area contributed by atoms with E-state index in [1.807, 2.05) is 26.0 Å². The van der Waals surface area contributed by atoms with Crippen LogP contribution in [0.4, 0.5) is 0 Å². The first kappa shape index (κ1) is 19.8. The predicted molar refractivity (Wildman–Crippen MR) is 112 cm³/mol. The van der Waals surface area contributed by atoms with Crippen LogP contribution >= 0.6 is 0 Å². The number of para-hydroxylation sites is 1. The van der Waals surface area contributed by atoms with Gasteiger partial charge in [-0.15, -0.1) is 0 Å². The van der Waals surface area contributed by atoms with Crippen LogP contribution < -0.4 is 25.2 Å². The first-order valence-electron chi connectivity index (χ1n) is 9.84. The molecule has 0 spiro atoms. The molecule has 1 aliphatic rings. The highest BCUT2D eigenvalue weighted by molar-refractivity contribution is 5.97. The average molecular weight is 409 g/mol. The van der Waals surface area contributed by atoms with E-state index in [1.54, 1.807) is 18.2 Å². The number of rotatable bonds is 6. The van der Waals surface area contributed by atoms with Crippen molar-refractivity contribution in [1.82, 2.24) is 5.32 Å². The Morgan fingerprint density at radius 2 is 2.07 bits per heavy atom. The Bertz CT molecular complexity index is 1170. The highest BCUT2D eigenvalue weighted by Gasteiger charge is 2.22. The minimum atomic E-state index is -0.722. The van der Waals surface area contributed by atoms with Crippen LogP contribution in [0, 0.1) is 0 Å². The van der Waals surface area contributed by atoms with Crippen LogP contribution in [0.3, 0.4) is 0 Å². The van der Waals surface area contributed by atoms with Crippen molar-refractivity contribution in [2.45, 2.75) is 32.9 Å². The predicted octanol–water partition coefficient (Wildman–Crippen LogP) is 3.45. The Balaban J connectivity index is 1.59. The fourth-order valence-electron chi connectivity index (χ4n) is 3.62. The zero-order valence-corrected chi connectivity index (χ0v) is 17.1. The summed E-state index contributed by atoms with van der Waals surface area (Å²) in [4.78, 5) is 25.1. The van der Waals surface area contributed by atoms with Gasteiger partial charge in [0, 0.05) is 29.5 Å². The molecule has 4 rings (SSSR count). The molecule has 1 aliphatic heterocycles. The fourth-order valence-corrected chi connectivity index (χ4v) is 3.62. The summed E-state index contributed by atoms with van der Waals surface area (Å²) >= 11 is 0. The molecule has 0 saturated carbocycles. The second-order valence-electron chi connectivity index (χ2n) is 7.14. The van der Waals surface area contributed by atoms with E-state index in [4.69, 9.17) is 18.6 Å². The summed E-state index contributed by atoms with van der Waals surface area (Å²) in [6, 6.07) is 10.6. The third-order valence-electron chi connectivity index (χ3n) is 5.01. The van der Waals surface area contributed by atoms with Crippen LogP contribution in [0.1, 0.15) is 35.3 Å². The first-order chi connectivity index (χ1) is 14.5. The second-order valence-corrected chi connectivity index (χ2v) is 7.14. The summed E-state index contributed by atoms with van der Waals surface area (Å²) < 4.78 is 22.1. The zero-order valence-electron chi connectivity index (χ0n) is 17.1. The molecule has 2 heterocycles. The van der Waals surface area contributed by atoms with Crippen molar-refractivity contribution in [2.75, 3.05) is 13.7 Å². The molecule has 2 aromatic carbocycles. The van der Waals surface area contributed by atoms with Crippen molar-refractivity contribution in [2.24, 2.45) is 0 Å². The fraction of sp³-hybridized carbons (Fsp3) is 0.304. The van der Waals surface area contributed by atoms with E-state index < -0.39 is 11.5 Å². The Labute approximate surface area is 173 Å². The molecule has 30 heavy (non-hydrogen) atoms. The maximum Gasteiger partial charge on any atom is 0.349 e. The summed E-state index contributed by atoms with van der Waals surface area (Å²) in [5, 5.41) is 3.39. The summed E-state index contributed by atoms with van der Waals surface area (Å²) in [5.74, 6) is 1.41. The van der Waals surface area contributed by atoms with E-state index in [-0.39, 0.29) is 18.2 Å². The molecular formula is C23H23NO6. The third-order valence-corrected chi connectivity index (χ3v) is 5.01. The Kier molecular flexibility index (Phi) is 5.35. The highest BCUT2D eigenvalue weighted by atomic mass is 16.5. The van der Waals surface area contributed by atoms with Gasteiger partial charge in [-0.05, 0) is 38.1 Å². The minimum Gasteiger partial charge on any atom is -0.494 e. The lowest BCUT2D eigenvalue weighted by molar-refractivity contribution is 0.0947. The van der Waals surface area contributed by atoms with Gasteiger partial charge in [0.15, 0.2) is 11.3 Å². The van der Waals surface area contributed by atoms with Crippen LogP contribution in [-0.4, -0.2) is 25.7 Å². The molecule has 1 atom stereocenters. The second kappa shape index (κ2) is 8.10. The normalized spacial score (nSPS) is 14.8. The van der Waals surface area contributed by atoms with Crippen molar-refractivity contribution in [3.63, 3.8) is 0 Å². The van der Waals surface area contributed by atoms with Gasteiger partial charge in [0.25, 0.3) is 5.91 Å². The van der Waals surface area contributed by atoms with E-state index in [0.717, 1.165) is 23.3 Å². The first-order valence-corrected chi connectivity index (χ1v) is 9.84. The van der Waals surface area contributed by atoms with Crippen molar-refractivity contribution in [3.8, 4) is 17.2 Å². The SMILES string of the molecule is CCOc1cc2c(cc1CNC(=O)c1cc3cccc(OC)c3oc1=O)O[C@@H](C)C2. The van der Waals surface area contributed by atoms with Gasteiger partial charge >= 0.3 is 5.63 Å². The van der Waals surface area contributed by atoms with Gasteiger partial charge in [0.05, 0.1) is 13.7 Å². The Hall–Kier alpha value is -3.48. The van der Waals surface area contributed by atoms with Crippen LogP contribution in [0.2, 0.25) is 0 Å². The number of hydrogen-bond acceptors (Lipinski definition) is 6. The number of ether oxygens (including phenoxy) is 3. The molecule has 3 aromatic rings. The molecule has 0 aliphatic carbocycles. The summed E-state index contributed by atoms with van der Waals surface area (Å²) in [6.07, 6.45) is 0.933. The van der Waals surface area contributed by atoms with E-state index in [2.05, 4.69) is 5.32 Å². The van der Waals surface area contributed by atoms with E-state index >= 15 is 0 Å². The van der Waals surface area contributed by atoms with Crippen molar-refractivity contribution in [3.05, 3.63) is 63.5 Å². The molecule has 0 radical (unpaired) electrons. The van der Waals surface area contributed by atoms with Crippen LogP contribution in [0.5, 0.6) is 17.2 Å². The maximum atomic E-state index is 12.7. The maximum absolute atomic E-state index is 12.7. The molecule has 0 bridgehead atoms. The molecule has 0 fully saturated rings. The Morgan fingerprint density at radius 3 is 2.83 bits per heavy atom. The van der Waals surface area contributed by atoms with Gasteiger partial charge < -0.3 is 23.9 Å². The molecule has 156 valence electrons. The molecule has 0 unspecified atom stereocenters. The van der Waals surface area contributed by atoms with Gasteiger partial charge in [-0.1, -0.05) is 12.1 Å². The average Bonchev–Trinajstić information content (AvgIpc) is 3.09. The van der Waals surface area contributed by atoms with Gasteiger partial charge in [-0.25, -0.2) is 4.79 Å². The molecule has 7 nitrogen and oxygen atoms in total. The van der Waals surface area contributed by atoms with Crippen molar-refractivity contribution in [1.29, 1.82) is 0 Å². The number of benzene rings is 2. The number of methoxy groups -OCH3 is 1. The number of hydrogen-bond donors (Lipinski definition) is 1. The van der Waals surface area contributed by atoms with Crippen LogP contribution in [0.25, 0.3) is 11.0 Å². The zero-order chi connectivity index (χ0) is 21.3. The summed E-state index contributed by atoms with van der Waals surface area (Å²) in [5.41, 5.74) is 1.39. The van der Waals surface area contributed by atoms with E-state index in [1.165, 1.54) is 13.2 Å². The molecule has 0 saturated heterocycles. The van der Waals surface area contributed by atoms with Gasteiger partial charge in [0.1, 0.15) is 23.2 Å². The molecule has 1 aromatic heterocycles. The number of fused-ring (bicyclic) bond motifs is 2. The lowest BCUT2D eigenvalue weighted by Crippen LogP contribution is -2.28. The van der Waals surface area contributed by atoms with Gasteiger partial charge in [-0.3, -0.25) is 4.79 Å². The molecule has 1 amide bonds. The highest BCUT2D eigenvalue weighted by Crippen LogP contribution is 2.35. The van der Waals surface area contributed by atoms with Crippen molar-refractivity contribution >= 4 is 16.9 Å². The number of carbonyl (C=O) groups is 1. The van der Waals surface area contributed by atoms with E-state index in [0.29, 0.717) is 29.1 Å². The molecule has 7 heteroatoms.